The summed E-state index contributed by atoms with van der Waals surface area (Å²) < 4.78 is 27.0. The third-order valence-electron chi connectivity index (χ3n) is 4.11. The van der Waals surface area contributed by atoms with Crippen LogP contribution in [-0.2, 0) is 16.4 Å². The topological polar surface area (TPSA) is 88.2 Å². The fraction of sp³-hybridized carbons (Fsp3) is 0.143. The van der Waals surface area contributed by atoms with E-state index in [4.69, 9.17) is 0 Å². The molecular weight excluding hydrogens is 374 g/mol. The fourth-order valence-electron chi connectivity index (χ4n) is 2.59. The van der Waals surface area contributed by atoms with Crippen molar-refractivity contribution in [1.29, 1.82) is 0 Å². The standard InChI is InChI=1S/C21H21N3O3S/c1-16(25)18-7-9-19(10-8-18)23-20-11-12-21(22-15-20)24-28(26,27)14-13-17-5-3-2-4-6-17/h2-12,15,23H,13-14H2,1H3,(H,22,24). The van der Waals surface area contributed by atoms with E-state index in [9.17, 15) is 13.2 Å². The van der Waals surface area contributed by atoms with E-state index in [0.29, 0.717) is 17.7 Å². The summed E-state index contributed by atoms with van der Waals surface area (Å²) in [6.45, 7) is 1.52. The minimum atomic E-state index is -3.48. The molecule has 2 aromatic carbocycles. The molecule has 0 radical (unpaired) electrons. The van der Waals surface area contributed by atoms with Crippen molar-refractivity contribution in [2.75, 3.05) is 15.8 Å². The highest BCUT2D eigenvalue weighted by Crippen LogP contribution is 2.18. The van der Waals surface area contributed by atoms with Crippen LogP contribution < -0.4 is 10.0 Å². The molecule has 1 heterocycles. The minimum Gasteiger partial charge on any atom is -0.354 e. The van der Waals surface area contributed by atoms with Gasteiger partial charge in [-0.25, -0.2) is 13.4 Å². The number of pyridine rings is 1. The van der Waals surface area contributed by atoms with Gasteiger partial charge in [0.2, 0.25) is 10.0 Å². The first-order chi connectivity index (χ1) is 13.4. The number of benzene rings is 2. The van der Waals surface area contributed by atoms with E-state index >= 15 is 0 Å². The maximum Gasteiger partial charge on any atom is 0.234 e. The second kappa shape index (κ2) is 8.67. The Balaban J connectivity index is 1.58. The number of ketones is 1. The number of hydrogen-bond donors (Lipinski definition) is 2. The molecule has 2 N–H and O–H groups in total. The van der Waals surface area contributed by atoms with Crippen molar-refractivity contribution in [1.82, 2.24) is 4.98 Å². The summed E-state index contributed by atoms with van der Waals surface area (Å²) in [5.74, 6) is 0.268. The van der Waals surface area contributed by atoms with E-state index in [-0.39, 0.29) is 17.4 Å². The van der Waals surface area contributed by atoms with Crippen LogP contribution in [0.4, 0.5) is 17.2 Å². The number of anilines is 3. The van der Waals surface area contributed by atoms with Gasteiger partial charge in [0.05, 0.1) is 17.6 Å². The third kappa shape index (κ3) is 5.65. The number of carbonyl (C=O) groups is 1. The van der Waals surface area contributed by atoms with Crippen LogP contribution in [0.3, 0.4) is 0 Å². The molecule has 3 aromatic rings. The third-order valence-corrected chi connectivity index (χ3v) is 5.37. The summed E-state index contributed by atoms with van der Waals surface area (Å²) >= 11 is 0. The zero-order valence-electron chi connectivity index (χ0n) is 15.4. The molecule has 0 saturated carbocycles. The molecule has 28 heavy (non-hydrogen) atoms. The van der Waals surface area contributed by atoms with Crippen molar-refractivity contribution in [3.63, 3.8) is 0 Å². The van der Waals surface area contributed by atoms with Crippen molar-refractivity contribution >= 4 is 33.0 Å². The van der Waals surface area contributed by atoms with Gasteiger partial charge >= 0.3 is 0 Å². The van der Waals surface area contributed by atoms with Crippen molar-refractivity contribution < 1.29 is 13.2 Å². The Kier molecular flexibility index (Phi) is 6.06. The van der Waals surface area contributed by atoms with Crippen molar-refractivity contribution in [2.45, 2.75) is 13.3 Å². The fourth-order valence-corrected chi connectivity index (χ4v) is 3.64. The molecule has 0 fully saturated rings. The first kappa shape index (κ1) is 19.6. The second-order valence-electron chi connectivity index (χ2n) is 6.35. The number of nitrogens with zero attached hydrogens (tertiary/aromatic N) is 1. The Morgan fingerprint density at radius 1 is 0.929 bits per heavy atom. The van der Waals surface area contributed by atoms with Gasteiger partial charge in [0.15, 0.2) is 5.78 Å². The monoisotopic (exact) mass is 395 g/mol. The average Bonchev–Trinajstić information content (AvgIpc) is 2.69. The van der Waals surface area contributed by atoms with Crippen LogP contribution in [0.25, 0.3) is 0 Å². The Morgan fingerprint density at radius 3 is 2.21 bits per heavy atom. The molecular formula is C21H21N3O3S. The van der Waals surface area contributed by atoms with E-state index in [0.717, 1.165) is 11.3 Å². The summed E-state index contributed by atoms with van der Waals surface area (Å²) in [5, 5.41) is 3.16. The second-order valence-corrected chi connectivity index (χ2v) is 8.19. The Labute approximate surface area is 164 Å². The zero-order chi connectivity index (χ0) is 20.0. The molecule has 1 aromatic heterocycles. The molecule has 7 heteroatoms. The SMILES string of the molecule is CC(=O)c1ccc(Nc2ccc(NS(=O)(=O)CCc3ccccc3)nc2)cc1. The van der Waals surface area contributed by atoms with Crippen molar-refractivity contribution in [3.8, 4) is 0 Å². The molecule has 0 unspecified atom stereocenters. The number of aryl methyl sites for hydroxylation is 1. The molecule has 6 nitrogen and oxygen atoms in total. The lowest BCUT2D eigenvalue weighted by atomic mass is 10.1. The van der Waals surface area contributed by atoms with Crippen LogP contribution in [0.5, 0.6) is 0 Å². The lowest BCUT2D eigenvalue weighted by Gasteiger charge is -2.10. The molecule has 0 saturated heterocycles. The summed E-state index contributed by atoms with van der Waals surface area (Å²) in [5.41, 5.74) is 3.13. The predicted molar refractivity (Wildman–Crippen MR) is 112 cm³/mol. The highest BCUT2D eigenvalue weighted by Gasteiger charge is 2.11. The van der Waals surface area contributed by atoms with Gasteiger partial charge in [0.1, 0.15) is 5.82 Å². The maximum absolute atomic E-state index is 12.2. The molecule has 0 aliphatic heterocycles. The molecule has 0 amide bonds. The van der Waals surface area contributed by atoms with Crippen LogP contribution in [0.15, 0.2) is 72.9 Å². The normalized spacial score (nSPS) is 11.0. The lowest BCUT2D eigenvalue weighted by Crippen LogP contribution is -2.18. The number of rotatable bonds is 8. The average molecular weight is 395 g/mol. The molecule has 0 bridgehead atoms. The zero-order valence-corrected chi connectivity index (χ0v) is 16.2. The number of carbonyl (C=O) groups excluding carboxylic acids is 1. The minimum absolute atomic E-state index is 0.0112. The van der Waals surface area contributed by atoms with Crippen LogP contribution in [0, 0.1) is 0 Å². The van der Waals surface area contributed by atoms with Crippen LogP contribution in [-0.4, -0.2) is 24.9 Å². The van der Waals surface area contributed by atoms with Crippen LogP contribution in [0.1, 0.15) is 22.8 Å². The summed E-state index contributed by atoms with van der Waals surface area (Å²) in [7, 11) is -3.48. The van der Waals surface area contributed by atoms with Gasteiger partial charge in [-0.2, -0.15) is 0 Å². The highest BCUT2D eigenvalue weighted by molar-refractivity contribution is 7.92. The van der Waals surface area contributed by atoms with Gasteiger partial charge in [0, 0.05) is 11.3 Å². The van der Waals surface area contributed by atoms with Gasteiger partial charge in [-0.1, -0.05) is 30.3 Å². The first-order valence-electron chi connectivity index (χ1n) is 8.80. The van der Waals surface area contributed by atoms with Gasteiger partial charge < -0.3 is 5.32 Å². The number of aromatic nitrogens is 1. The lowest BCUT2D eigenvalue weighted by molar-refractivity contribution is 0.101. The number of Topliss-reactive ketones (excluding diaryl/α,β-unsaturated/α-hetero) is 1. The number of hydrogen-bond acceptors (Lipinski definition) is 5. The van der Waals surface area contributed by atoms with Gasteiger partial charge in [-0.15, -0.1) is 0 Å². The van der Waals surface area contributed by atoms with E-state index in [1.54, 1.807) is 42.6 Å². The molecule has 0 atom stereocenters. The largest absolute Gasteiger partial charge is 0.354 e. The van der Waals surface area contributed by atoms with Crippen molar-refractivity contribution in [2.24, 2.45) is 0 Å². The number of nitrogens with one attached hydrogen (secondary N) is 2. The molecule has 144 valence electrons. The Hall–Kier alpha value is -3.19. The maximum atomic E-state index is 12.2. The number of sulfonamides is 1. The molecule has 0 aliphatic carbocycles. The van der Waals surface area contributed by atoms with Crippen LogP contribution >= 0.6 is 0 Å². The van der Waals surface area contributed by atoms with Gasteiger partial charge in [0.25, 0.3) is 0 Å². The first-order valence-corrected chi connectivity index (χ1v) is 10.4. The summed E-state index contributed by atoms with van der Waals surface area (Å²) in [6.07, 6.45) is 1.99. The predicted octanol–water partition coefficient (Wildman–Crippen LogP) is 4.01. The van der Waals surface area contributed by atoms with Gasteiger partial charge in [-0.05, 0) is 55.3 Å². The molecule has 3 rings (SSSR count). The van der Waals surface area contributed by atoms with E-state index < -0.39 is 10.0 Å². The van der Waals surface area contributed by atoms with Crippen molar-refractivity contribution in [3.05, 3.63) is 84.1 Å². The quantitative estimate of drug-likeness (QED) is 0.563. The Morgan fingerprint density at radius 2 is 1.61 bits per heavy atom. The van der Waals surface area contributed by atoms with E-state index in [1.165, 1.54) is 6.92 Å². The summed E-state index contributed by atoms with van der Waals surface area (Å²) in [6, 6.07) is 19.9. The van der Waals surface area contributed by atoms with E-state index in [2.05, 4.69) is 15.0 Å². The summed E-state index contributed by atoms with van der Waals surface area (Å²) in [4.78, 5) is 15.5. The highest BCUT2D eigenvalue weighted by atomic mass is 32.2. The Bertz CT molecular complexity index is 1030. The van der Waals surface area contributed by atoms with Gasteiger partial charge in [-0.3, -0.25) is 9.52 Å². The van der Waals surface area contributed by atoms with Crippen LogP contribution in [0.2, 0.25) is 0 Å². The smallest absolute Gasteiger partial charge is 0.234 e. The van der Waals surface area contributed by atoms with E-state index in [1.807, 2.05) is 30.3 Å². The molecule has 0 spiro atoms. The molecule has 0 aliphatic rings.